The van der Waals surface area contributed by atoms with Gasteiger partial charge in [0.1, 0.15) is 0 Å². The second-order valence-electron chi connectivity index (χ2n) is 15.0. The molecular formula is C43H88N2O4. The van der Waals surface area contributed by atoms with Crippen LogP contribution in [0.4, 0.5) is 0 Å². The molecule has 0 aromatic carbocycles. The third-order valence-electron chi connectivity index (χ3n) is 10.3. The molecule has 0 aliphatic carbocycles. The smallest absolute Gasteiger partial charge is 0.305 e. The van der Waals surface area contributed by atoms with Gasteiger partial charge in [-0.2, -0.15) is 0 Å². The lowest BCUT2D eigenvalue weighted by Gasteiger charge is -2.28. The maximum Gasteiger partial charge on any atom is 0.305 e. The third-order valence-corrected chi connectivity index (χ3v) is 10.3. The van der Waals surface area contributed by atoms with Crippen molar-refractivity contribution in [2.45, 2.75) is 208 Å². The SMILES string of the molecule is CCCCCCCCCCCCOCC(O)CN(CCCCCC(=O)OCC(CCCCCC)CCCCCCCC)CCN(CC)CC. The summed E-state index contributed by atoms with van der Waals surface area (Å²) in [5.74, 6) is 0.506. The maximum absolute atomic E-state index is 12.6. The number of hydrogen-bond acceptors (Lipinski definition) is 6. The fourth-order valence-corrected chi connectivity index (χ4v) is 6.83. The van der Waals surface area contributed by atoms with Gasteiger partial charge < -0.3 is 19.5 Å². The summed E-state index contributed by atoms with van der Waals surface area (Å²) in [6.45, 7) is 18.7. The Kier molecular flexibility index (Phi) is 38.0. The molecule has 0 saturated heterocycles. The van der Waals surface area contributed by atoms with Crippen molar-refractivity contribution in [1.82, 2.24) is 9.80 Å². The lowest BCUT2D eigenvalue weighted by atomic mass is 9.95. The fourth-order valence-electron chi connectivity index (χ4n) is 6.83. The lowest BCUT2D eigenvalue weighted by Crippen LogP contribution is -2.40. The van der Waals surface area contributed by atoms with Crippen LogP contribution in [-0.4, -0.2) is 86.1 Å². The number of carbonyl (C=O) groups excluding carboxylic acids is 1. The molecule has 2 atom stereocenters. The molecule has 0 amide bonds. The Morgan fingerprint density at radius 3 is 1.55 bits per heavy atom. The average molecular weight is 697 g/mol. The molecule has 6 heteroatoms. The van der Waals surface area contributed by atoms with Crippen molar-refractivity contribution in [3.05, 3.63) is 0 Å². The molecule has 0 heterocycles. The van der Waals surface area contributed by atoms with Crippen LogP contribution in [0, 0.1) is 5.92 Å². The van der Waals surface area contributed by atoms with Crippen LogP contribution in [0.2, 0.25) is 0 Å². The molecular weight excluding hydrogens is 608 g/mol. The van der Waals surface area contributed by atoms with E-state index in [0.29, 0.717) is 32.1 Å². The first kappa shape index (κ1) is 48.3. The number of rotatable bonds is 40. The number of hydrogen-bond donors (Lipinski definition) is 1. The highest BCUT2D eigenvalue weighted by atomic mass is 16.5. The molecule has 0 radical (unpaired) electrons. The largest absolute Gasteiger partial charge is 0.465 e. The van der Waals surface area contributed by atoms with Gasteiger partial charge in [-0.25, -0.2) is 0 Å². The van der Waals surface area contributed by atoms with Crippen LogP contribution < -0.4 is 0 Å². The molecule has 0 aliphatic heterocycles. The predicted octanol–water partition coefficient (Wildman–Crippen LogP) is 11.4. The van der Waals surface area contributed by atoms with Crippen molar-refractivity contribution in [3.8, 4) is 0 Å². The van der Waals surface area contributed by atoms with Gasteiger partial charge in [0.05, 0.1) is 19.3 Å². The van der Waals surface area contributed by atoms with Crippen molar-refractivity contribution < 1.29 is 19.4 Å². The van der Waals surface area contributed by atoms with Crippen molar-refractivity contribution in [2.24, 2.45) is 5.92 Å². The van der Waals surface area contributed by atoms with E-state index in [-0.39, 0.29) is 5.97 Å². The molecule has 0 aliphatic rings. The molecule has 1 N–H and O–H groups in total. The van der Waals surface area contributed by atoms with Crippen LogP contribution in [0.15, 0.2) is 0 Å². The molecule has 0 bridgehead atoms. The summed E-state index contributed by atoms with van der Waals surface area (Å²) < 4.78 is 11.7. The molecule has 0 spiro atoms. The summed E-state index contributed by atoms with van der Waals surface area (Å²) in [6.07, 6.45) is 31.7. The van der Waals surface area contributed by atoms with Crippen LogP contribution in [0.3, 0.4) is 0 Å². The number of esters is 1. The molecule has 294 valence electrons. The molecule has 2 unspecified atom stereocenters. The minimum absolute atomic E-state index is 0.0186. The van der Waals surface area contributed by atoms with E-state index in [9.17, 15) is 9.90 Å². The highest BCUT2D eigenvalue weighted by molar-refractivity contribution is 5.69. The van der Waals surface area contributed by atoms with Gasteiger partial charge in [0.15, 0.2) is 0 Å². The van der Waals surface area contributed by atoms with Gasteiger partial charge in [-0.3, -0.25) is 9.69 Å². The molecule has 0 rings (SSSR count). The van der Waals surface area contributed by atoms with E-state index in [1.807, 2.05) is 0 Å². The van der Waals surface area contributed by atoms with Gasteiger partial charge in [-0.1, -0.05) is 163 Å². The Bertz CT molecular complexity index is 660. The quantitative estimate of drug-likeness (QED) is 0.0508. The van der Waals surface area contributed by atoms with E-state index in [1.165, 1.54) is 135 Å². The number of nitrogens with zero attached hydrogens (tertiary/aromatic N) is 2. The summed E-state index contributed by atoms with van der Waals surface area (Å²) in [7, 11) is 0. The first-order valence-corrected chi connectivity index (χ1v) is 21.9. The van der Waals surface area contributed by atoms with Crippen LogP contribution in [-0.2, 0) is 14.3 Å². The van der Waals surface area contributed by atoms with Gasteiger partial charge in [-0.15, -0.1) is 0 Å². The van der Waals surface area contributed by atoms with E-state index < -0.39 is 6.10 Å². The highest BCUT2D eigenvalue weighted by Crippen LogP contribution is 2.20. The van der Waals surface area contributed by atoms with Crippen molar-refractivity contribution >= 4 is 5.97 Å². The number of aliphatic hydroxyl groups is 1. The minimum Gasteiger partial charge on any atom is -0.465 e. The molecule has 0 saturated carbocycles. The Morgan fingerprint density at radius 1 is 0.531 bits per heavy atom. The molecule has 6 nitrogen and oxygen atoms in total. The Labute approximate surface area is 307 Å². The van der Waals surface area contributed by atoms with Gasteiger partial charge in [0, 0.05) is 32.7 Å². The topological polar surface area (TPSA) is 62.2 Å². The van der Waals surface area contributed by atoms with E-state index in [4.69, 9.17) is 9.47 Å². The molecule has 0 aromatic heterocycles. The summed E-state index contributed by atoms with van der Waals surface area (Å²) in [5, 5.41) is 10.8. The number of carbonyl (C=O) groups is 1. The van der Waals surface area contributed by atoms with E-state index in [1.54, 1.807) is 0 Å². The normalized spacial score (nSPS) is 13.1. The second kappa shape index (κ2) is 38.5. The first-order chi connectivity index (χ1) is 24.0. The maximum atomic E-state index is 12.6. The Morgan fingerprint density at radius 2 is 1.00 bits per heavy atom. The van der Waals surface area contributed by atoms with Gasteiger partial charge in [0.25, 0.3) is 0 Å². The van der Waals surface area contributed by atoms with E-state index >= 15 is 0 Å². The van der Waals surface area contributed by atoms with Gasteiger partial charge in [-0.05, 0) is 57.7 Å². The van der Waals surface area contributed by atoms with Gasteiger partial charge >= 0.3 is 5.97 Å². The van der Waals surface area contributed by atoms with Crippen LogP contribution >= 0.6 is 0 Å². The summed E-state index contributed by atoms with van der Waals surface area (Å²) in [4.78, 5) is 17.5. The zero-order chi connectivity index (χ0) is 36.0. The molecule has 0 fully saturated rings. The van der Waals surface area contributed by atoms with E-state index in [0.717, 1.165) is 65.0 Å². The zero-order valence-electron chi connectivity index (χ0n) is 34.0. The predicted molar refractivity (Wildman–Crippen MR) is 213 cm³/mol. The monoisotopic (exact) mass is 697 g/mol. The second-order valence-corrected chi connectivity index (χ2v) is 15.0. The molecule has 49 heavy (non-hydrogen) atoms. The number of likely N-dealkylation sites (N-methyl/N-ethyl adjacent to an activating group) is 1. The number of aliphatic hydroxyl groups excluding tert-OH is 1. The number of unbranched alkanes of at least 4 members (excludes halogenated alkanes) is 19. The van der Waals surface area contributed by atoms with Crippen LogP contribution in [0.5, 0.6) is 0 Å². The fraction of sp³-hybridized carbons (Fsp3) is 0.977. The van der Waals surface area contributed by atoms with Crippen molar-refractivity contribution in [1.29, 1.82) is 0 Å². The summed E-state index contributed by atoms with van der Waals surface area (Å²) >= 11 is 0. The Hall–Kier alpha value is -0.690. The highest BCUT2D eigenvalue weighted by Gasteiger charge is 2.15. The lowest BCUT2D eigenvalue weighted by molar-refractivity contribution is -0.145. The molecule has 0 aromatic rings. The van der Waals surface area contributed by atoms with Crippen LogP contribution in [0.25, 0.3) is 0 Å². The minimum atomic E-state index is -0.457. The summed E-state index contributed by atoms with van der Waals surface area (Å²) in [5.41, 5.74) is 0. The average Bonchev–Trinajstić information content (AvgIpc) is 3.10. The van der Waals surface area contributed by atoms with Crippen LogP contribution in [0.1, 0.15) is 202 Å². The van der Waals surface area contributed by atoms with E-state index in [2.05, 4.69) is 44.4 Å². The number of ether oxygens (including phenoxy) is 2. The van der Waals surface area contributed by atoms with Crippen molar-refractivity contribution in [2.75, 3.05) is 59.1 Å². The standard InChI is InChI=1S/C43H88N2O4/c1-6-11-14-17-19-20-21-22-24-30-37-48-40-42(46)38-45(36-35-44(9-4)10-5)34-29-25-28-33-43(47)49-39-41(31-26-16-13-8-3)32-27-23-18-15-12-7-2/h41-42,46H,6-40H2,1-5H3. The third kappa shape index (κ3) is 34.2. The summed E-state index contributed by atoms with van der Waals surface area (Å²) in [6, 6.07) is 0. The van der Waals surface area contributed by atoms with Gasteiger partial charge in [0.2, 0.25) is 0 Å². The zero-order valence-corrected chi connectivity index (χ0v) is 34.0. The first-order valence-electron chi connectivity index (χ1n) is 21.9. The Balaban J connectivity index is 4.34. The van der Waals surface area contributed by atoms with Crippen molar-refractivity contribution in [3.63, 3.8) is 0 Å².